The van der Waals surface area contributed by atoms with Crippen LogP contribution in [0.25, 0.3) is 22.3 Å². The molecule has 1 aliphatic rings. The number of likely N-dealkylation sites (N-methyl/N-ethyl adjacent to an activating group) is 1. The highest BCUT2D eigenvalue weighted by Gasteiger charge is 2.23. The fraction of sp³-hybridized carbons (Fsp3) is 0.240. The van der Waals surface area contributed by atoms with E-state index in [2.05, 4.69) is 11.9 Å². The minimum Gasteiger partial charge on any atom is -0.456 e. The lowest BCUT2D eigenvalue weighted by atomic mass is 10.1. The first kappa shape index (κ1) is 19.9. The second kappa shape index (κ2) is 8.25. The molecule has 0 unspecified atom stereocenters. The minimum absolute atomic E-state index is 0.0556. The van der Waals surface area contributed by atoms with Gasteiger partial charge in [0.2, 0.25) is 0 Å². The second-order valence-electron chi connectivity index (χ2n) is 8.00. The van der Waals surface area contributed by atoms with Crippen LogP contribution in [0.2, 0.25) is 5.02 Å². The maximum absolute atomic E-state index is 12.8. The van der Waals surface area contributed by atoms with Crippen LogP contribution in [-0.2, 0) is 6.42 Å². The zero-order valence-corrected chi connectivity index (χ0v) is 18.1. The quantitative estimate of drug-likeness (QED) is 0.436. The number of piperazine rings is 1. The molecule has 0 saturated carbocycles. The summed E-state index contributed by atoms with van der Waals surface area (Å²) >= 11 is 6.38. The highest BCUT2D eigenvalue weighted by atomic mass is 35.5. The van der Waals surface area contributed by atoms with Crippen LogP contribution in [0.15, 0.2) is 69.5 Å². The molecule has 0 atom stereocenters. The second-order valence-corrected chi connectivity index (χ2v) is 8.43. The molecule has 0 aliphatic carbocycles. The van der Waals surface area contributed by atoms with Gasteiger partial charge in [0.25, 0.3) is 5.91 Å². The van der Waals surface area contributed by atoms with E-state index in [1.54, 1.807) is 6.07 Å². The van der Waals surface area contributed by atoms with Crippen molar-refractivity contribution in [2.45, 2.75) is 6.42 Å². The molecule has 5 nitrogen and oxygen atoms in total. The number of nitrogens with zero attached hydrogens (tertiary/aromatic N) is 2. The van der Waals surface area contributed by atoms with Crippen molar-refractivity contribution >= 4 is 28.5 Å². The lowest BCUT2D eigenvalue weighted by Crippen LogP contribution is -2.47. The number of fused-ring (bicyclic) bond motifs is 1. The molecule has 0 spiro atoms. The van der Waals surface area contributed by atoms with Gasteiger partial charge in [0, 0.05) is 54.1 Å². The molecule has 2 aromatic heterocycles. The fourth-order valence-corrected chi connectivity index (χ4v) is 4.25. The molecule has 6 heteroatoms. The van der Waals surface area contributed by atoms with Crippen LogP contribution >= 0.6 is 11.6 Å². The van der Waals surface area contributed by atoms with Crippen LogP contribution in [0.4, 0.5) is 0 Å². The monoisotopic (exact) mass is 434 g/mol. The van der Waals surface area contributed by atoms with E-state index >= 15 is 0 Å². The molecule has 0 N–H and O–H groups in total. The number of carbonyl (C=O) groups excluding carboxylic acids is 1. The van der Waals surface area contributed by atoms with Crippen molar-refractivity contribution in [3.8, 4) is 11.3 Å². The van der Waals surface area contributed by atoms with Gasteiger partial charge in [-0.1, -0.05) is 41.9 Å². The van der Waals surface area contributed by atoms with Crippen molar-refractivity contribution < 1.29 is 13.6 Å². The molecule has 31 heavy (non-hydrogen) atoms. The third-order valence-electron chi connectivity index (χ3n) is 5.74. The molecule has 0 bridgehead atoms. The summed E-state index contributed by atoms with van der Waals surface area (Å²) < 4.78 is 12.1. The zero-order valence-electron chi connectivity index (χ0n) is 17.3. The van der Waals surface area contributed by atoms with Crippen LogP contribution in [0.5, 0.6) is 0 Å². The largest absolute Gasteiger partial charge is 0.456 e. The van der Waals surface area contributed by atoms with E-state index < -0.39 is 0 Å². The number of halogens is 1. The molecule has 158 valence electrons. The Labute approximate surface area is 185 Å². The Bertz CT molecular complexity index is 1220. The molecule has 4 aromatic rings. The standard InChI is InChI=1S/C25H23ClN2O3/c1-27-9-11-28(12-10-27)25(29)22-8-7-21(30-22)15-18-13-20(26)14-19-16-23(31-24(18)19)17-5-3-2-4-6-17/h2-8,13-14,16H,9-12,15H2,1H3. The normalized spacial score (nSPS) is 15.0. The zero-order chi connectivity index (χ0) is 21.4. The molecule has 2 aromatic carbocycles. The Morgan fingerprint density at radius 1 is 0.968 bits per heavy atom. The van der Waals surface area contributed by atoms with Gasteiger partial charge in [-0.05, 0) is 37.4 Å². The summed E-state index contributed by atoms with van der Waals surface area (Å²) in [6.45, 7) is 3.19. The fourth-order valence-electron chi connectivity index (χ4n) is 4.00. The SMILES string of the molecule is CN1CCN(C(=O)c2ccc(Cc3cc(Cl)cc4cc(-c5ccccc5)oc34)o2)CC1. The van der Waals surface area contributed by atoms with Crippen molar-refractivity contribution in [1.82, 2.24) is 9.80 Å². The minimum atomic E-state index is -0.0556. The van der Waals surface area contributed by atoms with Gasteiger partial charge in [-0.3, -0.25) is 4.79 Å². The number of benzene rings is 2. The van der Waals surface area contributed by atoms with Crippen LogP contribution < -0.4 is 0 Å². The van der Waals surface area contributed by atoms with E-state index in [1.807, 2.05) is 59.5 Å². The number of furan rings is 2. The van der Waals surface area contributed by atoms with Crippen molar-refractivity contribution in [3.63, 3.8) is 0 Å². The van der Waals surface area contributed by atoms with Gasteiger partial charge in [-0.25, -0.2) is 0 Å². The average Bonchev–Trinajstić information content (AvgIpc) is 3.42. The highest BCUT2D eigenvalue weighted by Crippen LogP contribution is 2.33. The van der Waals surface area contributed by atoms with Gasteiger partial charge in [0.15, 0.2) is 5.76 Å². The summed E-state index contributed by atoms with van der Waals surface area (Å²) in [4.78, 5) is 16.8. The van der Waals surface area contributed by atoms with E-state index in [1.165, 1.54) is 0 Å². The summed E-state index contributed by atoms with van der Waals surface area (Å²) in [6, 6.07) is 19.4. The summed E-state index contributed by atoms with van der Waals surface area (Å²) in [5, 5.41) is 1.59. The molecule has 0 radical (unpaired) electrons. The Morgan fingerprint density at radius 3 is 2.52 bits per heavy atom. The van der Waals surface area contributed by atoms with Crippen molar-refractivity contribution in [1.29, 1.82) is 0 Å². The maximum Gasteiger partial charge on any atom is 0.289 e. The third kappa shape index (κ3) is 4.11. The van der Waals surface area contributed by atoms with Crippen LogP contribution in [0.3, 0.4) is 0 Å². The number of hydrogen-bond acceptors (Lipinski definition) is 4. The molecule has 1 amide bonds. The van der Waals surface area contributed by atoms with Crippen LogP contribution in [0.1, 0.15) is 21.9 Å². The predicted molar refractivity (Wildman–Crippen MR) is 122 cm³/mol. The smallest absolute Gasteiger partial charge is 0.289 e. The number of rotatable bonds is 4. The van der Waals surface area contributed by atoms with Gasteiger partial charge in [0.1, 0.15) is 17.1 Å². The number of amides is 1. The van der Waals surface area contributed by atoms with Gasteiger partial charge in [0.05, 0.1) is 0 Å². The molecule has 1 fully saturated rings. The number of hydrogen-bond donors (Lipinski definition) is 0. The number of carbonyl (C=O) groups is 1. The Morgan fingerprint density at radius 2 is 1.74 bits per heavy atom. The van der Waals surface area contributed by atoms with E-state index in [0.717, 1.165) is 54.0 Å². The molecule has 3 heterocycles. The topological polar surface area (TPSA) is 49.8 Å². The lowest BCUT2D eigenvalue weighted by molar-refractivity contribution is 0.0631. The Kier molecular flexibility index (Phi) is 5.30. The Balaban J connectivity index is 1.41. The molecular weight excluding hydrogens is 412 g/mol. The summed E-state index contributed by atoms with van der Waals surface area (Å²) in [5.41, 5.74) is 2.73. The molecule has 1 aliphatic heterocycles. The summed E-state index contributed by atoms with van der Waals surface area (Å²) in [6.07, 6.45) is 0.495. The van der Waals surface area contributed by atoms with E-state index in [4.69, 9.17) is 20.4 Å². The maximum atomic E-state index is 12.8. The highest BCUT2D eigenvalue weighted by molar-refractivity contribution is 6.31. The molecule has 1 saturated heterocycles. The first-order valence-electron chi connectivity index (χ1n) is 10.4. The van der Waals surface area contributed by atoms with Gasteiger partial charge in [-0.2, -0.15) is 0 Å². The van der Waals surface area contributed by atoms with Crippen LogP contribution in [-0.4, -0.2) is 48.9 Å². The summed E-state index contributed by atoms with van der Waals surface area (Å²) in [5.74, 6) is 1.82. The first-order valence-corrected chi connectivity index (χ1v) is 10.8. The molecule has 5 rings (SSSR count). The van der Waals surface area contributed by atoms with Gasteiger partial charge >= 0.3 is 0 Å². The van der Waals surface area contributed by atoms with Gasteiger partial charge < -0.3 is 18.6 Å². The van der Waals surface area contributed by atoms with Crippen LogP contribution in [0, 0.1) is 0 Å². The first-order chi connectivity index (χ1) is 15.1. The third-order valence-corrected chi connectivity index (χ3v) is 5.96. The van der Waals surface area contributed by atoms with E-state index in [0.29, 0.717) is 23.0 Å². The average molecular weight is 435 g/mol. The van der Waals surface area contributed by atoms with Crippen molar-refractivity contribution in [2.24, 2.45) is 0 Å². The van der Waals surface area contributed by atoms with E-state index in [-0.39, 0.29) is 5.91 Å². The lowest BCUT2D eigenvalue weighted by Gasteiger charge is -2.31. The van der Waals surface area contributed by atoms with Crippen molar-refractivity contribution in [2.75, 3.05) is 33.2 Å². The van der Waals surface area contributed by atoms with Crippen molar-refractivity contribution in [3.05, 3.63) is 82.8 Å². The van der Waals surface area contributed by atoms with Gasteiger partial charge in [-0.15, -0.1) is 0 Å². The molecular formula is C25H23ClN2O3. The van der Waals surface area contributed by atoms with E-state index in [9.17, 15) is 4.79 Å². The Hall–Kier alpha value is -3.02. The predicted octanol–water partition coefficient (Wildman–Crippen LogP) is 5.32. The summed E-state index contributed by atoms with van der Waals surface area (Å²) in [7, 11) is 2.07.